The van der Waals surface area contributed by atoms with E-state index in [1.54, 1.807) is 11.8 Å². The molecule has 1 N–H and O–H groups in total. The van der Waals surface area contributed by atoms with Crippen molar-refractivity contribution in [1.29, 1.82) is 0 Å². The van der Waals surface area contributed by atoms with Gasteiger partial charge in [-0.05, 0) is 48.2 Å². The SMILES string of the molecule is Clc1cccc(Cl)c1CSc1cccc(CNC2CC2)c1. The van der Waals surface area contributed by atoms with E-state index in [9.17, 15) is 0 Å². The van der Waals surface area contributed by atoms with Gasteiger partial charge in [-0.1, -0.05) is 41.4 Å². The van der Waals surface area contributed by atoms with Crippen LogP contribution in [0.5, 0.6) is 0 Å². The van der Waals surface area contributed by atoms with Crippen LogP contribution >= 0.6 is 35.0 Å². The van der Waals surface area contributed by atoms with Crippen molar-refractivity contribution in [1.82, 2.24) is 5.32 Å². The number of benzene rings is 2. The zero-order valence-electron chi connectivity index (χ0n) is 11.6. The molecule has 1 aliphatic rings. The quantitative estimate of drug-likeness (QED) is 0.694. The molecular weight excluding hydrogens is 321 g/mol. The lowest BCUT2D eigenvalue weighted by Gasteiger charge is -2.08. The fraction of sp³-hybridized carbons (Fsp3) is 0.294. The minimum Gasteiger partial charge on any atom is -0.310 e. The van der Waals surface area contributed by atoms with Gasteiger partial charge < -0.3 is 5.32 Å². The number of hydrogen-bond acceptors (Lipinski definition) is 2. The molecule has 1 fully saturated rings. The van der Waals surface area contributed by atoms with E-state index < -0.39 is 0 Å². The van der Waals surface area contributed by atoms with Crippen molar-refractivity contribution in [2.24, 2.45) is 0 Å². The van der Waals surface area contributed by atoms with Crippen molar-refractivity contribution in [2.45, 2.75) is 36.1 Å². The third-order valence-corrected chi connectivity index (χ3v) is 5.24. The first-order valence-corrected chi connectivity index (χ1v) is 8.84. The minimum atomic E-state index is 0.738. The molecule has 0 amide bonds. The molecule has 0 unspecified atom stereocenters. The monoisotopic (exact) mass is 337 g/mol. The van der Waals surface area contributed by atoms with Gasteiger partial charge in [0.15, 0.2) is 0 Å². The molecule has 1 aliphatic carbocycles. The molecule has 0 heterocycles. The van der Waals surface area contributed by atoms with E-state index in [2.05, 4.69) is 29.6 Å². The summed E-state index contributed by atoms with van der Waals surface area (Å²) in [5.41, 5.74) is 2.34. The summed E-state index contributed by atoms with van der Waals surface area (Å²) >= 11 is 14.2. The highest BCUT2D eigenvalue weighted by atomic mass is 35.5. The molecular formula is C17H17Cl2NS. The van der Waals surface area contributed by atoms with Crippen LogP contribution in [-0.4, -0.2) is 6.04 Å². The molecule has 3 rings (SSSR count). The Hall–Kier alpha value is -0.670. The Morgan fingerprint density at radius 1 is 1.05 bits per heavy atom. The Morgan fingerprint density at radius 3 is 2.48 bits per heavy atom. The van der Waals surface area contributed by atoms with Gasteiger partial charge in [0.2, 0.25) is 0 Å². The normalized spacial score (nSPS) is 14.4. The molecule has 0 aliphatic heterocycles. The van der Waals surface area contributed by atoms with E-state index >= 15 is 0 Å². The number of hydrogen-bond donors (Lipinski definition) is 1. The summed E-state index contributed by atoms with van der Waals surface area (Å²) in [4.78, 5) is 1.25. The molecule has 0 bridgehead atoms. The predicted molar refractivity (Wildman–Crippen MR) is 92.3 cm³/mol. The van der Waals surface area contributed by atoms with Crippen LogP contribution in [0.25, 0.3) is 0 Å². The number of rotatable bonds is 6. The highest BCUT2D eigenvalue weighted by molar-refractivity contribution is 7.98. The van der Waals surface area contributed by atoms with Gasteiger partial charge in [-0.2, -0.15) is 0 Å². The van der Waals surface area contributed by atoms with Crippen LogP contribution in [0.2, 0.25) is 10.0 Å². The van der Waals surface area contributed by atoms with Crippen molar-refractivity contribution in [2.75, 3.05) is 0 Å². The molecule has 2 aromatic rings. The third kappa shape index (κ3) is 4.40. The Kier molecular flexibility index (Phi) is 5.12. The molecule has 0 aromatic heterocycles. The van der Waals surface area contributed by atoms with Crippen LogP contribution in [-0.2, 0) is 12.3 Å². The van der Waals surface area contributed by atoms with E-state index in [1.807, 2.05) is 18.2 Å². The third-order valence-electron chi connectivity index (χ3n) is 3.52. The second-order valence-corrected chi connectivity index (χ2v) is 7.15. The van der Waals surface area contributed by atoms with Gasteiger partial charge in [-0.15, -0.1) is 11.8 Å². The Bertz CT molecular complexity index is 606. The van der Waals surface area contributed by atoms with Gasteiger partial charge in [-0.25, -0.2) is 0 Å². The molecule has 0 radical (unpaired) electrons. The Labute approximate surface area is 140 Å². The van der Waals surface area contributed by atoms with Gasteiger partial charge in [0.1, 0.15) is 0 Å². The highest BCUT2D eigenvalue weighted by Crippen LogP contribution is 2.31. The summed E-state index contributed by atoms with van der Waals surface area (Å²) in [6.45, 7) is 0.950. The van der Waals surface area contributed by atoms with Crippen LogP contribution < -0.4 is 5.32 Å². The fourth-order valence-electron chi connectivity index (χ4n) is 2.12. The lowest BCUT2D eigenvalue weighted by molar-refractivity contribution is 0.687. The van der Waals surface area contributed by atoms with E-state index in [0.29, 0.717) is 0 Å². The second-order valence-electron chi connectivity index (χ2n) is 5.29. The maximum atomic E-state index is 6.21. The summed E-state index contributed by atoms with van der Waals surface area (Å²) < 4.78 is 0. The zero-order valence-corrected chi connectivity index (χ0v) is 13.9. The van der Waals surface area contributed by atoms with Crippen LogP contribution in [0.15, 0.2) is 47.4 Å². The van der Waals surface area contributed by atoms with E-state index in [4.69, 9.17) is 23.2 Å². The first kappa shape index (κ1) is 15.2. The molecule has 1 nitrogen and oxygen atoms in total. The summed E-state index contributed by atoms with van der Waals surface area (Å²) in [6, 6.07) is 15.0. The summed E-state index contributed by atoms with van der Waals surface area (Å²) in [5, 5.41) is 5.02. The molecule has 2 aromatic carbocycles. The Balaban J connectivity index is 1.63. The Morgan fingerprint density at radius 2 is 1.76 bits per heavy atom. The van der Waals surface area contributed by atoms with Crippen molar-refractivity contribution in [3.63, 3.8) is 0 Å². The van der Waals surface area contributed by atoms with E-state index in [0.717, 1.165) is 33.9 Å². The van der Waals surface area contributed by atoms with E-state index in [1.165, 1.54) is 23.3 Å². The summed E-state index contributed by atoms with van der Waals surface area (Å²) in [6.07, 6.45) is 2.64. The molecule has 0 spiro atoms. The molecule has 21 heavy (non-hydrogen) atoms. The number of nitrogens with one attached hydrogen (secondary N) is 1. The predicted octanol–water partition coefficient (Wildman–Crippen LogP) is 5.54. The maximum absolute atomic E-state index is 6.21. The molecule has 0 saturated heterocycles. The van der Waals surface area contributed by atoms with Crippen molar-refractivity contribution >= 4 is 35.0 Å². The van der Waals surface area contributed by atoms with Crippen LogP contribution in [0.3, 0.4) is 0 Å². The summed E-state index contributed by atoms with van der Waals surface area (Å²) in [7, 11) is 0. The lowest BCUT2D eigenvalue weighted by atomic mass is 10.2. The average Bonchev–Trinajstić information content (AvgIpc) is 3.29. The van der Waals surface area contributed by atoms with Gasteiger partial charge in [0.25, 0.3) is 0 Å². The number of halogens is 2. The van der Waals surface area contributed by atoms with Crippen molar-refractivity contribution in [3.8, 4) is 0 Å². The van der Waals surface area contributed by atoms with E-state index in [-0.39, 0.29) is 0 Å². The van der Waals surface area contributed by atoms with Crippen LogP contribution in [0.1, 0.15) is 24.0 Å². The molecule has 1 saturated carbocycles. The number of thioether (sulfide) groups is 1. The second kappa shape index (κ2) is 7.06. The van der Waals surface area contributed by atoms with Gasteiger partial charge in [0.05, 0.1) is 0 Å². The molecule has 4 heteroatoms. The van der Waals surface area contributed by atoms with Crippen LogP contribution in [0.4, 0.5) is 0 Å². The first-order valence-electron chi connectivity index (χ1n) is 7.10. The van der Waals surface area contributed by atoms with Crippen LogP contribution in [0, 0.1) is 0 Å². The highest BCUT2D eigenvalue weighted by Gasteiger charge is 2.19. The lowest BCUT2D eigenvalue weighted by Crippen LogP contribution is -2.15. The van der Waals surface area contributed by atoms with Gasteiger partial charge >= 0.3 is 0 Å². The molecule has 0 atom stereocenters. The average molecular weight is 338 g/mol. The largest absolute Gasteiger partial charge is 0.310 e. The van der Waals surface area contributed by atoms with Crippen molar-refractivity contribution in [3.05, 3.63) is 63.6 Å². The smallest absolute Gasteiger partial charge is 0.0461 e. The topological polar surface area (TPSA) is 12.0 Å². The van der Waals surface area contributed by atoms with Crippen molar-refractivity contribution < 1.29 is 0 Å². The standard InChI is InChI=1S/C17H17Cl2NS/c18-16-5-2-6-17(19)15(16)11-21-14-4-1-3-12(9-14)10-20-13-7-8-13/h1-6,9,13,20H,7-8,10-11H2. The van der Waals surface area contributed by atoms with Gasteiger partial charge in [-0.3, -0.25) is 0 Å². The fourth-order valence-corrected chi connectivity index (χ4v) is 3.84. The maximum Gasteiger partial charge on any atom is 0.0461 e. The van der Waals surface area contributed by atoms with Gasteiger partial charge in [0, 0.05) is 33.3 Å². The summed E-state index contributed by atoms with van der Waals surface area (Å²) in [5.74, 6) is 0.790. The molecule has 110 valence electrons. The zero-order chi connectivity index (χ0) is 14.7. The minimum absolute atomic E-state index is 0.738. The first-order chi connectivity index (χ1) is 10.2.